The predicted molar refractivity (Wildman–Crippen MR) is 134 cm³/mol. The fourth-order valence-electron chi connectivity index (χ4n) is 2.87. The van der Waals surface area contributed by atoms with E-state index in [1.807, 2.05) is 65.2 Å². The van der Waals surface area contributed by atoms with Gasteiger partial charge in [0.25, 0.3) is 0 Å². The molecular weight excluding hydrogens is 420 g/mol. The molecule has 32 heavy (non-hydrogen) atoms. The van der Waals surface area contributed by atoms with Gasteiger partial charge in [-0.15, -0.1) is 0 Å². The topological polar surface area (TPSA) is 23.8 Å². The number of allylic oxidation sites excluding steroid dienone is 9. The summed E-state index contributed by atoms with van der Waals surface area (Å²) in [5, 5.41) is 10.7. The molecule has 0 amide bonds. The van der Waals surface area contributed by atoms with Crippen LogP contribution in [-0.2, 0) is 0 Å². The van der Waals surface area contributed by atoms with Crippen LogP contribution in [0.2, 0.25) is 0 Å². The lowest BCUT2D eigenvalue weighted by Crippen LogP contribution is -1.93. The zero-order valence-corrected chi connectivity index (χ0v) is 21.0. The van der Waals surface area contributed by atoms with Gasteiger partial charge in [-0.05, 0) is 107 Å². The normalized spacial score (nSPS) is 13.4. The van der Waals surface area contributed by atoms with E-state index in [2.05, 4.69) is 11.8 Å². The Hall–Kier alpha value is -2.82. The summed E-state index contributed by atoms with van der Waals surface area (Å²) in [6.07, 6.45) is 6.72. The van der Waals surface area contributed by atoms with Gasteiger partial charge < -0.3 is 0 Å². The number of halogens is 2. The van der Waals surface area contributed by atoms with Crippen molar-refractivity contribution in [1.82, 2.24) is 0 Å². The molecule has 0 aliphatic heterocycles. The standard InChI is InChI=1S/C28H31F2NS/c1-9-24(20(5)13-12-19(4)11-10-18(2)3)14-21(6)23(8)27(30)25-15-22(7)28(32-17-31)26(29)16-25/h10-11,14-16H,9H2,1-8H3/b19-11+,21-14+,24-20+,27-23-. The van der Waals surface area contributed by atoms with Gasteiger partial charge in [0.05, 0.1) is 4.90 Å². The first kappa shape index (κ1) is 27.2. The average Bonchev–Trinajstić information content (AvgIpc) is 2.75. The first-order valence-corrected chi connectivity index (χ1v) is 11.3. The lowest BCUT2D eigenvalue weighted by molar-refractivity contribution is 0.597. The van der Waals surface area contributed by atoms with Gasteiger partial charge in [0.2, 0.25) is 0 Å². The minimum absolute atomic E-state index is 0.172. The van der Waals surface area contributed by atoms with E-state index in [9.17, 15) is 4.39 Å². The Kier molecular flexibility index (Phi) is 11.0. The number of nitriles is 1. The average molecular weight is 452 g/mol. The first-order chi connectivity index (χ1) is 15.0. The summed E-state index contributed by atoms with van der Waals surface area (Å²) in [4.78, 5) is 0.230. The largest absolute Gasteiger partial charge is 0.206 e. The Morgan fingerprint density at radius 2 is 1.72 bits per heavy atom. The molecule has 0 saturated carbocycles. The van der Waals surface area contributed by atoms with Crippen LogP contribution in [0, 0.1) is 35.2 Å². The number of benzene rings is 1. The molecule has 0 bridgehead atoms. The van der Waals surface area contributed by atoms with Crippen molar-refractivity contribution in [3.63, 3.8) is 0 Å². The van der Waals surface area contributed by atoms with Gasteiger partial charge in [-0.1, -0.05) is 42.6 Å². The number of nitrogens with zero attached hydrogens (tertiary/aromatic N) is 1. The smallest absolute Gasteiger partial charge is 0.138 e. The second-order valence-electron chi connectivity index (χ2n) is 7.91. The molecule has 0 aliphatic carbocycles. The maximum absolute atomic E-state index is 15.2. The number of hydrogen-bond acceptors (Lipinski definition) is 2. The highest BCUT2D eigenvalue weighted by Gasteiger charge is 2.14. The summed E-state index contributed by atoms with van der Waals surface area (Å²) in [6, 6.07) is 2.72. The van der Waals surface area contributed by atoms with Crippen molar-refractivity contribution < 1.29 is 8.78 Å². The van der Waals surface area contributed by atoms with Gasteiger partial charge in [-0.25, -0.2) is 8.78 Å². The summed E-state index contributed by atoms with van der Waals surface area (Å²) in [7, 11) is 0. The lowest BCUT2D eigenvalue weighted by atomic mass is 9.98. The van der Waals surface area contributed by atoms with E-state index in [1.54, 1.807) is 19.9 Å². The van der Waals surface area contributed by atoms with Gasteiger partial charge in [-0.3, -0.25) is 0 Å². The molecule has 0 aliphatic rings. The van der Waals surface area contributed by atoms with Crippen molar-refractivity contribution in [3.05, 3.63) is 80.7 Å². The van der Waals surface area contributed by atoms with Gasteiger partial charge in [-0.2, -0.15) is 5.26 Å². The van der Waals surface area contributed by atoms with Crippen molar-refractivity contribution in [2.75, 3.05) is 0 Å². The van der Waals surface area contributed by atoms with E-state index in [0.29, 0.717) is 11.1 Å². The molecule has 0 aromatic heterocycles. The van der Waals surface area contributed by atoms with Gasteiger partial charge in [0.1, 0.15) is 17.0 Å². The second kappa shape index (κ2) is 12.9. The number of thioether (sulfide) groups is 1. The molecule has 0 fully saturated rings. The van der Waals surface area contributed by atoms with E-state index in [-0.39, 0.29) is 10.5 Å². The number of aryl methyl sites for hydroxylation is 1. The van der Waals surface area contributed by atoms with Crippen LogP contribution >= 0.6 is 11.8 Å². The highest BCUT2D eigenvalue weighted by molar-refractivity contribution is 8.03. The Bertz CT molecular complexity index is 1100. The Balaban J connectivity index is 3.35. The van der Waals surface area contributed by atoms with E-state index in [4.69, 9.17) is 5.26 Å². The van der Waals surface area contributed by atoms with Crippen molar-refractivity contribution in [2.45, 2.75) is 66.7 Å². The van der Waals surface area contributed by atoms with Crippen LogP contribution in [-0.4, -0.2) is 0 Å². The summed E-state index contributed by atoms with van der Waals surface area (Å²) in [6.45, 7) is 15.2. The van der Waals surface area contributed by atoms with Crippen molar-refractivity contribution in [3.8, 4) is 17.2 Å². The van der Waals surface area contributed by atoms with Crippen LogP contribution in [0.1, 0.15) is 66.0 Å². The van der Waals surface area contributed by atoms with Crippen LogP contribution in [0.15, 0.2) is 68.7 Å². The van der Waals surface area contributed by atoms with Crippen molar-refractivity contribution >= 4 is 17.6 Å². The molecule has 4 heteroatoms. The molecule has 1 aromatic rings. The fourth-order valence-corrected chi connectivity index (χ4v) is 3.34. The quantitative estimate of drug-likeness (QED) is 0.186. The van der Waals surface area contributed by atoms with Crippen LogP contribution in [0.3, 0.4) is 0 Å². The zero-order chi connectivity index (χ0) is 24.4. The van der Waals surface area contributed by atoms with Crippen LogP contribution < -0.4 is 0 Å². The molecule has 0 spiro atoms. The third kappa shape index (κ3) is 8.03. The van der Waals surface area contributed by atoms with E-state index in [0.717, 1.165) is 46.5 Å². The second-order valence-corrected chi connectivity index (χ2v) is 8.71. The van der Waals surface area contributed by atoms with Gasteiger partial charge >= 0.3 is 0 Å². The highest BCUT2D eigenvalue weighted by Crippen LogP contribution is 2.32. The summed E-state index contributed by atoms with van der Waals surface area (Å²) in [5.74, 6) is 5.29. The fraction of sp³-hybridized carbons (Fsp3) is 0.321. The third-order valence-corrected chi connectivity index (χ3v) is 5.73. The van der Waals surface area contributed by atoms with Gasteiger partial charge in [0, 0.05) is 11.1 Å². The van der Waals surface area contributed by atoms with Crippen molar-refractivity contribution in [2.24, 2.45) is 0 Å². The van der Waals surface area contributed by atoms with Gasteiger partial charge in [0.15, 0.2) is 0 Å². The Labute approximate surface area is 196 Å². The highest BCUT2D eigenvalue weighted by atomic mass is 32.2. The molecule has 1 rings (SSSR count). The molecule has 0 radical (unpaired) electrons. The molecule has 0 atom stereocenters. The molecular formula is C28H31F2NS. The molecule has 0 heterocycles. The van der Waals surface area contributed by atoms with Crippen molar-refractivity contribution in [1.29, 1.82) is 5.26 Å². The van der Waals surface area contributed by atoms with E-state index >= 15 is 4.39 Å². The maximum Gasteiger partial charge on any atom is 0.138 e. The summed E-state index contributed by atoms with van der Waals surface area (Å²) >= 11 is 0.744. The minimum atomic E-state index is -0.590. The van der Waals surface area contributed by atoms with E-state index in [1.165, 1.54) is 5.57 Å². The monoisotopic (exact) mass is 451 g/mol. The molecule has 168 valence electrons. The summed E-state index contributed by atoms with van der Waals surface area (Å²) in [5.41, 5.74) is 6.05. The van der Waals surface area contributed by atoms with Crippen LogP contribution in [0.25, 0.3) is 5.83 Å². The molecule has 0 N–H and O–H groups in total. The number of hydrogen-bond donors (Lipinski definition) is 0. The molecule has 1 aromatic carbocycles. The van der Waals surface area contributed by atoms with Crippen LogP contribution in [0.4, 0.5) is 8.78 Å². The Morgan fingerprint density at radius 3 is 2.25 bits per heavy atom. The maximum atomic E-state index is 15.2. The first-order valence-electron chi connectivity index (χ1n) is 10.5. The number of rotatable bonds is 6. The van der Waals surface area contributed by atoms with E-state index < -0.39 is 11.6 Å². The third-order valence-electron chi connectivity index (χ3n) is 4.92. The Morgan fingerprint density at radius 1 is 1.06 bits per heavy atom. The molecule has 0 unspecified atom stereocenters. The zero-order valence-electron chi connectivity index (χ0n) is 20.2. The molecule has 0 saturated heterocycles. The number of thiocyanates is 1. The SMILES string of the molecule is CCC(/C=C(C)/C(C)=C(\F)c1cc(C)c(SC#N)c(F)c1)=C(/C)C#C/C(C)=C/C=C(C)C. The lowest BCUT2D eigenvalue weighted by Gasteiger charge is -2.10. The summed E-state index contributed by atoms with van der Waals surface area (Å²) < 4.78 is 29.5. The predicted octanol–water partition coefficient (Wildman–Crippen LogP) is 9.00. The van der Waals surface area contributed by atoms with Crippen LogP contribution in [0.5, 0.6) is 0 Å². The minimum Gasteiger partial charge on any atom is -0.206 e. The molecule has 1 nitrogen and oxygen atoms in total.